The lowest BCUT2D eigenvalue weighted by Crippen LogP contribution is -2.30. The van der Waals surface area contributed by atoms with Crippen LogP contribution in [0.5, 0.6) is 0 Å². The van der Waals surface area contributed by atoms with Gasteiger partial charge in [-0.25, -0.2) is 9.13 Å². The molecule has 0 aliphatic carbocycles. The minimum Gasteiger partial charge on any atom is -0.462 e. The molecule has 101 heavy (non-hydrogen) atoms. The van der Waals surface area contributed by atoms with Crippen LogP contribution in [0, 0.1) is 23.7 Å². The smallest absolute Gasteiger partial charge is 0.462 e. The molecule has 0 fully saturated rings. The Balaban J connectivity index is 5.25. The van der Waals surface area contributed by atoms with E-state index >= 15 is 0 Å². The van der Waals surface area contributed by atoms with Crippen molar-refractivity contribution in [3.05, 3.63) is 0 Å². The maximum absolute atomic E-state index is 13.1. The molecule has 0 saturated heterocycles. The number of ether oxygens (including phenoxy) is 4. The van der Waals surface area contributed by atoms with E-state index in [1.807, 2.05) is 0 Å². The number of aliphatic hydroxyl groups is 1. The Morgan fingerprint density at radius 1 is 0.277 bits per heavy atom. The second-order valence-electron chi connectivity index (χ2n) is 31.2. The van der Waals surface area contributed by atoms with Gasteiger partial charge in [-0.05, 0) is 49.4 Å². The summed E-state index contributed by atoms with van der Waals surface area (Å²) in [6.07, 6.45) is 58.2. The number of phosphoric acid groups is 2. The lowest BCUT2D eigenvalue weighted by Gasteiger charge is -2.21. The van der Waals surface area contributed by atoms with Crippen molar-refractivity contribution in [2.24, 2.45) is 23.7 Å². The Morgan fingerprint density at radius 2 is 0.475 bits per heavy atom. The van der Waals surface area contributed by atoms with Gasteiger partial charge in [0.05, 0.1) is 26.4 Å². The summed E-state index contributed by atoms with van der Waals surface area (Å²) in [5.41, 5.74) is 0. The Labute approximate surface area is 619 Å². The van der Waals surface area contributed by atoms with E-state index < -0.39 is 97.5 Å². The van der Waals surface area contributed by atoms with Crippen molar-refractivity contribution in [1.82, 2.24) is 0 Å². The van der Waals surface area contributed by atoms with Gasteiger partial charge < -0.3 is 33.8 Å². The van der Waals surface area contributed by atoms with Gasteiger partial charge in [-0.3, -0.25) is 37.3 Å². The SMILES string of the molecule is CCC(C)CCCCCCCCCCCCC(=O)OC[C@H](COP(=O)(O)OC[C@@H](O)COP(=O)(O)OC[C@@H](COC(=O)CCCCCCCCCCCCC(C)C)OC(=O)CCCCCCCCCCCCC(C)C)OC(=O)CCCCCCCCCCCCCCCCCCCCC(C)C. The van der Waals surface area contributed by atoms with Gasteiger partial charge in [0.25, 0.3) is 0 Å². The van der Waals surface area contributed by atoms with Gasteiger partial charge in [0.2, 0.25) is 0 Å². The third-order valence-corrected chi connectivity index (χ3v) is 21.3. The molecule has 3 N–H and O–H groups in total. The van der Waals surface area contributed by atoms with Crippen molar-refractivity contribution in [3.8, 4) is 0 Å². The first-order chi connectivity index (χ1) is 48.6. The fourth-order valence-corrected chi connectivity index (χ4v) is 14.2. The minimum atomic E-state index is -4.96. The van der Waals surface area contributed by atoms with Gasteiger partial charge in [0, 0.05) is 25.7 Å². The standard InChI is InChI=1S/C82H160O17P2/c1-9-75(8)61-53-45-37-29-22-25-31-39-47-55-63-80(85)93-68-77(98-81(86)64-56-48-40-32-19-17-15-13-11-10-12-14-16-18-26-34-42-50-58-72(2)3)70-96-100(88,89)94-66-76(83)67-95-101(90,91)97-71-78(99-82(87)65-57-49-41-33-24-21-28-36-44-52-60-74(6)7)69-92-79(84)62-54-46-38-30-23-20-27-35-43-51-59-73(4)5/h72-78,83H,9-71H2,1-8H3,(H,88,89)(H,90,91)/t75?,76-,77-,78-/m1/s1. The molecule has 0 spiro atoms. The van der Waals surface area contributed by atoms with Crippen LogP contribution in [0.3, 0.4) is 0 Å². The summed E-state index contributed by atoms with van der Waals surface area (Å²) >= 11 is 0. The maximum atomic E-state index is 13.1. The van der Waals surface area contributed by atoms with Crippen LogP contribution in [-0.2, 0) is 65.4 Å². The van der Waals surface area contributed by atoms with Crippen LogP contribution >= 0.6 is 15.6 Å². The number of hydrogen-bond donors (Lipinski definition) is 3. The summed E-state index contributed by atoms with van der Waals surface area (Å²) in [4.78, 5) is 73.1. The van der Waals surface area contributed by atoms with Gasteiger partial charge in [0.1, 0.15) is 19.3 Å². The van der Waals surface area contributed by atoms with E-state index in [1.165, 1.54) is 225 Å². The Morgan fingerprint density at radius 3 is 0.703 bits per heavy atom. The number of carbonyl (C=O) groups is 4. The number of carbonyl (C=O) groups excluding carboxylic acids is 4. The lowest BCUT2D eigenvalue weighted by atomic mass is 9.99. The average Bonchev–Trinajstić information content (AvgIpc) is 0.953. The van der Waals surface area contributed by atoms with E-state index in [1.54, 1.807) is 0 Å². The van der Waals surface area contributed by atoms with Crippen LogP contribution in [0.25, 0.3) is 0 Å². The second kappa shape index (κ2) is 71.0. The zero-order valence-corrected chi connectivity index (χ0v) is 68.3. The molecule has 600 valence electrons. The molecule has 0 aliphatic rings. The Bertz CT molecular complexity index is 1970. The molecule has 0 aromatic rings. The molecule has 3 unspecified atom stereocenters. The minimum absolute atomic E-state index is 0.105. The molecule has 0 heterocycles. The molecule has 0 bridgehead atoms. The van der Waals surface area contributed by atoms with E-state index in [4.69, 9.17) is 37.0 Å². The first-order valence-electron chi connectivity index (χ1n) is 42.2. The number of aliphatic hydroxyl groups excluding tert-OH is 1. The van der Waals surface area contributed by atoms with Crippen molar-refractivity contribution in [2.45, 2.75) is 440 Å². The normalized spacial score (nSPS) is 14.3. The third-order valence-electron chi connectivity index (χ3n) is 19.4. The number of phosphoric ester groups is 2. The largest absolute Gasteiger partial charge is 0.472 e. The number of rotatable bonds is 79. The molecule has 0 aromatic carbocycles. The molecule has 0 saturated carbocycles. The molecule has 0 aromatic heterocycles. The van der Waals surface area contributed by atoms with Crippen LogP contribution < -0.4 is 0 Å². The summed E-state index contributed by atoms with van der Waals surface area (Å²) < 4.78 is 68.8. The Kier molecular flexibility index (Phi) is 69.6. The zero-order valence-electron chi connectivity index (χ0n) is 66.5. The summed E-state index contributed by atoms with van der Waals surface area (Å²) in [5.74, 6) is 1.03. The van der Waals surface area contributed by atoms with Gasteiger partial charge in [0.15, 0.2) is 12.2 Å². The van der Waals surface area contributed by atoms with E-state index in [0.717, 1.165) is 114 Å². The fourth-order valence-electron chi connectivity index (χ4n) is 12.6. The molecular weight excluding hydrogens is 1320 g/mol. The second-order valence-corrected chi connectivity index (χ2v) is 34.1. The van der Waals surface area contributed by atoms with Crippen LogP contribution in [0.15, 0.2) is 0 Å². The number of hydrogen-bond acceptors (Lipinski definition) is 15. The van der Waals surface area contributed by atoms with Crippen LogP contribution in [0.2, 0.25) is 0 Å². The predicted molar refractivity (Wildman–Crippen MR) is 414 cm³/mol. The predicted octanol–water partition coefficient (Wildman–Crippen LogP) is 24.4. The van der Waals surface area contributed by atoms with E-state index in [0.29, 0.717) is 25.7 Å². The molecule has 19 heteroatoms. The van der Waals surface area contributed by atoms with Crippen molar-refractivity contribution in [3.63, 3.8) is 0 Å². The van der Waals surface area contributed by atoms with Crippen LogP contribution in [0.1, 0.15) is 421 Å². The summed E-state index contributed by atoms with van der Waals surface area (Å²) in [6, 6.07) is 0. The van der Waals surface area contributed by atoms with Crippen LogP contribution in [-0.4, -0.2) is 96.7 Å². The molecule has 0 radical (unpaired) electrons. The highest BCUT2D eigenvalue weighted by Gasteiger charge is 2.30. The van der Waals surface area contributed by atoms with Crippen molar-refractivity contribution in [2.75, 3.05) is 39.6 Å². The quantitative estimate of drug-likeness (QED) is 0.0222. The molecule has 6 atom stereocenters. The van der Waals surface area contributed by atoms with Gasteiger partial charge >= 0.3 is 39.5 Å². The van der Waals surface area contributed by atoms with E-state index in [2.05, 4.69) is 55.4 Å². The molecule has 0 rings (SSSR count). The highest BCUT2D eigenvalue weighted by Crippen LogP contribution is 2.45. The maximum Gasteiger partial charge on any atom is 0.472 e. The topological polar surface area (TPSA) is 237 Å². The van der Waals surface area contributed by atoms with Crippen LogP contribution in [0.4, 0.5) is 0 Å². The van der Waals surface area contributed by atoms with Crippen molar-refractivity contribution >= 4 is 39.5 Å². The number of unbranched alkanes of at least 4 members (excludes halogenated alkanes) is 44. The van der Waals surface area contributed by atoms with Gasteiger partial charge in [-0.1, -0.05) is 370 Å². The third kappa shape index (κ3) is 74.7. The number of esters is 4. The molecule has 0 aliphatic heterocycles. The highest BCUT2D eigenvalue weighted by molar-refractivity contribution is 7.47. The zero-order chi connectivity index (χ0) is 74.6. The Hall–Kier alpha value is -1.94. The average molecular weight is 1480 g/mol. The highest BCUT2D eigenvalue weighted by atomic mass is 31.2. The monoisotopic (exact) mass is 1480 g/mol. The molecule has 17 nitrogen and oxygen atoms in total. The summed E-state index contributed by atoms with van der Waals surface area (Å²) in [7, 11) is -9.92. The van der Waals surface area contributed by atoms with E-state index in [9.17, 15) is 43.2 Å². The van der Waals surface area contributed by atoms with Gasteiger partial charge in [-0.15, -0.1) is 0 Å². The fraction of sp³-hybridized carbons (Fsp3) is 0.951. The molecular formula is C82H160O17P2. The first kappa shape index (κ1) is 99.1. The lowest BCUT2D eigenvalue weighted by molar-refractivity contribution is -0.161. The summed E-state index contributed by atoms with van der Waals surface area (Å²) in [6.45, 7) is 14.3. The molecule has 0 amide bonds. The first-order valence-corrected chi connectivity index (χ1v) is 45.2. The van der Waals surface area contributed by atoms with Crippen molar-refractivity contribution < 1.29 is 80.2 Å². The van der Waals surface area contributed by atoms with E-state index in [-0.39, 0.29) is 25.7 Å². The van der Waals surface area contributed by atoms with Crippen molar-refractivity contribution in [1.29, 1.82) is 0 Å². The van der Waals surface area contributed by atoms with Gasteiger partial charge in [-0.2, -0.15) is 0 Å². The summed E-state index contributed by atoms with van der Waals surface area (Å²) in [5, 5.41) is 10.7.